The Balaban J connectivity index is 1.81. The Bertz CT molecular complexity index is 537. The fourth-order valence-electron chi connectivity index (χ4n) is 2.44. The van der Waals surface area contributed by atoms with Gasteiger partial charge in [-0.05, 0) is 42.3 Å². The number of aryl methyl sites for hydroxylation is 1. The Morgan fingerprint density at radius 1 is 1.39 bits per heavy atom. The monoisotopic (exact) mass is 260 g/mol. The number of nitrogen functional groups attached to an aromatic ring is 1. The smallest absolute Gasteiger partial charge is 0.141 e. The highest BCUT2D eigenvalue weighted by Gasteiger charge is 2.20. The number of hydrazine groups is 1. The van der Waals surface area contributed by atoms with Crippen LogP contribution in [0.5, 0.6) is 0 Å². The SMILES string of the molecule is NNc1cc(NC2CCCc3sccc32)ccn1. The van der Waals surface area contributed by atoms with Gasteiger partial charge in [0.25, 0.3) is 0 Å². The normalized spacial score (nSPS) is 18.2. The van der Waals surface area contributed by atoms with Crippen molar-refractivity contribution in [2.75, 3.05) is 10.7 Å². The van der Waals surface area contributed by atoms with Gasteiger partial charge in [0.05, 0.1) is 6.04 Å². The van der Waals surface area contributed by atoms with E-state index in [2.05, 4.69) is 27.2 Å². The fraction of sp³-hybridized carbons (Fsp3) is 0.308. The van der Waals surface area contributed by atoms with Crippen LogP contribution in [0.15, 0.2) is 29.8 Å². The number of nitrogens with zero attached hydrogens (tertiary/aromatic N) is 1. The van der Waals surface area contributed by atoms with Gasteiger partial charge in [-0.25, -0.2) is 10.8 Å². The van der Waals surface area contributed by atoms with Gasteiger partial charge >= 0.3 is 0 Å². The van der Waals surface area contributed by atoms with Gasteiger partial charge in [0, 0.05) is 22.8 Å². The lowest BCUT2D eigenvalue weighted by Gasteiger charge is -2.24. The van der Waals surface area contributed by atoms with Crippen LogP contribution in [0.2, 0.25) is 0 Å². The zero-order valence-electron chi connectivity index (χ0n) is 10.0. The first-order chi connectivity index (χ1) is 8.86. The Morgan fingerprint density at radius 2 is 2.33 bits per heavy atom. The minimum atomic E-state index is 0.410. The van der Waals surface area contributed by atoms with Crippen LogP contribution in [0.3, 0.4) is 0 Å². The van der Waals surface area contributed by atoms with Crippen LogP contribution in [0.1, 0.15) is 29.3 Å². The molecule has 0 saturated heterocycles. The van der Waals surface area contributed by atoms with E-state index in [1.165, 1.54) is 29.7 Å². The molecular weight excluding hydrogens is 244 g/mol. The number of fused-ring (bicyclic) bond motifs is 1. The fourth-order valence-corrected chi connectivity index (χ4v) is 3.42. The molecule has 0 radical (unpaired) electrons. The zero-order chi connectivity index (χ0) is 12.4. The van der Waals surface area contributed by atoms with E-state index in [9.17, 15) is 0 Å². The molecule has 1 aliphatic rings. The second-order valence-electron chi connectivity index (χ2n) is 4.46. The van der Waals surface area contributed by atoms with Crippen LogP contribution in [0, 0.1) is 0 Å². The van der Waals surface area contributed by atoms with E-state index < -0.39 is 0 Å². The molecule has 2 aromatic heterocycles. The van der Waals surface area contributed by atoms with Crippen molar-refractivity contribution in [1.29, 1.82) is 0 Å². The summed E-state index contributed by atoms with van der Waals surface area (Å²) in [5, 5.41) is 5.75. The highest BCUT2D eigenvalue weighted by atomic mass is 32.1. The van der Waals surface area contributed by atoms with Crippen molar-refractivity contribution >= 4 is 22.8 Å². The van der Waals surface area contributed by atoms with E-state index >= 15 is 0 Å². The first-order valence-corrected chi connectivity index (χ1v) is 7.00. The third-order valence-corrected chi connectivity index (χ3v) is 4.30. The summed E-state index contributed by atoms with van der Waals surface area (Å²) in [6.45, 7) is 0. The van der Waals surface area contributed by atoms with Crippen LogP contribution in [-0.4, -0.2) is 4.98 Å². The second kappa shape index (κ2) is 4.96. The molecule has 0 bridgehead atoms. The van der Waals surface area contributed by atoms with Crippen molar-refractivity contribution in [3.05, 3.63) is 40.2 Å². The van der Waals surface area contributed by atoms with Crippen molar-refractivity contribution in [3.63, 3.8) is 0 Å². The number of pyridine rings is 1. The lowest BCUT2D eigenvalue weighted by Crippen LogP contribution is -2.16. The van der Waals surface area contributed by atoms with Gasteiger partial charge < -0.3 is 10.7 Å². The molecule has 3 rings (SSSR count). The zero-order valence-corrected chi connectivity index (χ0v) is 10.8. The van der Waals surface area contributed by atoms with Crippen molar-refractivity contribution < 1.29 is 0 Å². The third kappa shape index (κ3) is 2.19. The number of aromatic nitrogens is 1. The molecule has 0 saturated carbocycles. The molecule has 1 aliphatic carbocycles. The standard InChI is InChI=1S/C13H16N4S/c14-17-13-8-9(4-6-15-13)16-11-2-1-3-12-10(11)5-7-18-12/h4-8,11H,1-3,14H2,(H2,15,16,17). The predicted molar refractivity (Wildman–Crippen MR) is 75.7 cm³/mol. The van der Waals surface area contributed by atoms with E-state index in [1.807, 2.05) is 23.5 Å². The van der Waals surface area contributed by atoms with Crippen LogP contribution < -0.4 is 16.6 Å². The summed E-state index contributed by atoms with van der Waals surface area (Å²) in [6, 6.07) is 6.55. The Labute approximate surface area is 110 Å². The maximum absolute atomic E-state index is 5.37. The second-order valence-corrected chi connectivity index (χ2v) is 5.46. The van der Waals surface area contributed by atoms with Crippen molar-refractivity contribution in [2.45, 2.75) is 25.3 Å². The summed E-state index contributed by atoms with van der Waals surface area (Å²) in [4.78, 5) is 5.63. The molecule has 1 atom stereocenters. The van der Waals surface area contributed by atoms with Gasteiger partial charge in [-0.15, -0.1) is 11.3 Å². The summed E-state index contributed by atoms with van der Waals surface area (Å²) in [5.41, 5.74) is 5.08. The van der Waals surface area contributed by atoms with Crippen molar-refractivity contribution in [3.8, 4) is 0 Å². The lowest BCUT2D eigenvalue weighted by atomic mass is 9.94. The van der Waals surface area contributed by atoms with Gasteiger partial charge in [-0.2, -0.15) is 0 Å². The van der Waals surface area contributed by atoms with E-state index in [1.54, 1.807) is 6.20 Å². The maximum Gasteiger partial charge on any atom is 0.141 e. The number of nitrogens with two attached hydrogens (primary N) is 1. The third-order valence-electron chi connectivity index (χ3n) is 3.30. The number of thiophene rings is 1. The molecule has 0 amide bonds. The van der Waals surface area contributed by atoms with Gasteiger partial charge in [0.2, 0.25) is 0 Å². The summed E-state index contributed by atoms with van der Waals surface area (Å²) < 4.78 is 0. The van der Waals surface area contributed by atoms with Crippen LogP contribution >= 0.6 is 11.3 Å². The average Bonchev–Trinajstić information content (AvgIpc) is 2.88. The van der Waals surface area contributed by atoms with Gasteiger partial charge in [-0.3, -0.25) is 0 Å². The minimum Gasteiger partial charge on any atom is -0.378 e. The summed E-state index contributed by atoms with van der Waals surface area (Å²) >= 11 is 1.86. The number of nitrogens with one attached hydrogen (secondary N) is 2. The Morgan fingerprint density at radius 3 is 3.22 bits per heavy atom. The van der Waals surface area contributed by atoms with Crippen LogP contribution in [-0.2, 0) is 6.42 Å². The van der Waals surface area contributed by atoms with Crippen LogP contribution in [0.25, 0.3) is 0 Å². The molecular formula is C13H16N4S. The Hall–Kier alpha value is -1.59. The molecule has 0 aromatic carbocycles. The first-order valence-electron chi connectivity index (χ1n) is 6.12. The minimum absolute atomic E-state index is 0.410. The molecule has 0 fully saturated rings. The highest BCUT2D eigenvalue weighted by molar-refractivity contribution is 7.10. The van der Waals surface area contributed by atoms with Gasteiger partial charge in [0.1, 0.15) is 5.82 Å². The lowest BCUT2D eigenvalue weighted by molar-refractivity contribution is 0.609. The summed E-state index contributed by atoms with van der Waals surface area (Å²) in [6.07, 6.45) is 5.40. The quantitative estimate of drug-likeness (QED) is 0.586. The average molecular weight is 260 g/mol. The van der Waals surface area contributed by atoms with Crippen molar-refractivity contribution in [2.24, 2.45) is 5.84 Å². The molecule has 2 aromatic rings. The largest absolute Gasteiger partial charge is 0.378 e. The molecule has 5 heteroatoms. The topological polar surface area (TPSA) is 63.0 Å². The molecule has 0 aliphatic heterocycles. The first kappa shape index (κ1) is 11.5. The number of hydrogen-bond acceptors (Lipinski definition) is 5. The predicted octanol–water partition coefficient (Wildman–Crippen LogP) is 2.92. The number of hydrogen-bond donors (Lipinski definition) is 3. The van der Waals surface area contributed by atoms with E-state index in [0.29, 0.717) is 11.9 Å². The van der Waals surface area contributed by atoms with Crippen LogP contribution in [0.4, 0.5) is 11.5 Å². The highest BCUT2D eigenvalue weighted by Crippen LogP contribution is 2.35. The molecule has 0 spiro atoms. The molecule has 4 N–H and O–H groups in total. The molecule has 18 heavy (non-hydrogen) atoms. The summed E-state index contributed by atoms with van der Waals surface area (Å²) in [5.74, 6) is 6.06. The maximum atomic E-state index is 5.37. The van der Waals surface area contributed by atoms with Gasteiger partial charge in [0.15, 0.2) is 0 Å². The van der Waals surface area contributed by atoms with Gasteiger partial charge in [-0.1, -0.05) is 0 Å². The summed E-state index contributed by atoms with van der Waals surface area (Å²) in [7, 11) is 0. The number of rotatable bonds is 3. The Kier molecular flexibility index (Phi) is 3.17. The number of anilines is 2. The van der Waals surface area contributed by atoms with E-state index in [-0.39, 0.29) is 0 Å². The van der Waals surface area contributed by atoms with E-state index in [4.69, 9.17) is 5.84 Å². The molecule has 1 unspecified atom stereocenters. The van der Waals surface area contributed by atoms with E-state index in [0.717, 1.165) is 5.69 Å². The van der Waals surface area contributed by atoms with Crippen molar-refractivity contribution in [1.82, 2.24) is 4.98 Å². The molecule has 2 heterocycles. The molecule has 94 valence electrons. The molecule has 4 nitrogen and oxygen atoms in total.